The molecule has 0 spiro atoms. The van der Waals surface area contributed by atoms with Crippen molar-refractivity contribution in [1.29, 1.82) is 0 Å². The van der Waals surface area contributed by atoms with E-state index in [-0.39, 0.29) is 18.8 Å². The fourth-order valence-electron chi connectivity index (χ4n) is 1.64. The lowest BCUT2D eigenvalue weighted by molar-refractivity contribution is -0.250. The van der Waals surface area contributed by atoms with Gasteiger partial charge in [0.25, 0.3) is 5.91 Å². The number of carboxylic acid groups (broad SMARTS) is 1. The summed E-state index contributed by atoms with van der Waals surface area (Å²) in [5, 5.41) is 15.3. The Bertz CT molecular complexity index is 639. The van der Waals surface area contributed by atoms with Crippen LogP contribution in [0.5, 0.6) is 0 Å². The molecule has 0 saturated carbocycles. The Morgan fingerprint density at radius 3 is 2.52 bits per heavy atom. The second kappa shape index (κ2) is 6.76. The van der Waals surface area contributed by atoms with Gasteiger partial charge in [-0.3, -0.25) is 4.79 Å². The lowest BCUT2D eigenvalue weighted by atomic mass is 10.1. The summed E-state index contributed by atoms with van der Waals surface area (Å²) in [4.78, 5) is 26.0. The van der Waals surface area contributed by atoms with E-state index < -0.39 is 12.0 Å². The van der Waals surface area contributed by atoms with Gasteiger partial charge < -0.3 is 25.0 Å². The van der Waals surface area contributed by atoms with Crippen LogP contribution in [0.25, 0.3) is 11.3 Å². The molecule has 1 heterocycles. The van der Waals surface area contributed by atoms with Crippen LogP contribution >= 0.6 is 11.6 Å². The molecule has 0 aliphatic heterocycles. The van der Waals surface area contributed by atoms with Crippen molar-refractivity contribution in [2.45, 2.75) is 0 Å². The lowest BCUT2D eigenvalue weighted by Crippen LogP contribution is -2.41. The van der Waals surface area contributed by atoms with E-state index >= 15 is 0 Å². The van der Waals surface area contributed by atoms with Crippen LogP contribution in [-0.2, 0) is 0 Å². The number of rotatable bonds is 5. The van der Waals surface area contributed by atoms with Crippen molar-refractivity contribution >= 4 is 23.6 Å². The summed E-state index contributed by atoms with van der Waals surface area (Å²) in [6.45, 7) is 0.155. The summed E-state index contributed by atoms with van der Waals surface area (Å²) in [5.74, 6) is -0.147. The molecule has 0 aliphatic rings. The zero-order valence-electron chi connectivity index (χ0n) is 10.8. The van der Waals surface area contributed by atoms with E-state index in [2.05, 4.69) is 10.3 Å². The van der Waals surface area contributed by atoms with E-state index in [0.29, 0.717) is 16.3 Å². The molecule has 0 aliphatic carbocycles. The molecule has 2 rings (SSSR count). The molecule has 1 aromatic heterocycles. The highest BCUT2D eigenvalue weighted by molar-refractivity contribution is 6.30. The van der Waals surface area contributed by atoms with E-state index in [1.807, 2.05) is 5.32 Å². The van der Waals surface area contributed by atoms with Crippen LogP contribution in [0.3, 0.4) is 0 Å². The maximum atomic E-state index is 12.0. The van der Waals surface area contributed by atoms with Gasteiger partial charge in [-0.1, -0.05) is 11.6 Å². The largest absolute Gasteiger partial charge is 0.530 e. The van der Waals surface area contributed by atoms with Gasteiger partial charge in [-0.15, -0.1) is 0 Å². The van der Waals surface area contributed by atoms with Crippen molar-refractivity contribution in [1.82, 2.24) is 15.6 Å². The SMILES string of the molecule is O=C([O-])NCCNC(=O)c1ncoc1-c1ccc(Cl)cc1. The second-order valence-corrected chi connectivity index (χ2v) is 4.44. The summed E-state index contributed by atoms with van der Waals surface area (Å²) in [6, 6.07) is 6.75. The highest BCUT2D eigenvalue weighted by atomic mass is 35.5. The van der Waals surface area contributed by atoms with Crippen LogP contribution < -0.4 is 15.7 Å². The molecule has 7 nitrogen and oxygen atoms in total. The number of halogens is 1. The van der Waals surface area contributed by atoms with Gasteiger partial charge in [0.2, 0.25) is 0 Å². The number of oxazole rings is 1. The molecule has 0 radical (unpaired) electrons. The smallest absolute Gasteiger partial charge is 0.273 e. The maximum absolute atomic E-state index is 12.0. The van der Waals surface area contributed by atoms with Gasteiger partial charge >= 0.3 is 0 Å². The number of nitrogens with one attached hydrogen (secondary N) is 2. The summed E-state index contributed by atoms with van der Waals surface area (Å²) in [7, 11) is 0. The van der Waals surface area contributed by atoms with Gasteiger partial charge in [0.1, 0.15) is 6.09 Å². The van der Waals surface area contributed by atoms with Crippen molar-refractivity contribution in [3.8, 4) is 11.3 Å². The Hall–Kier alpha value is -2.54. The molecule has 8 heteroatoms. The van der Waals surface area contributed by atoms with Crippen molar-refractivity contribution in [3.63, 3.8) is 0 Å². The minimum absolute atomic E-state index is 0.0439. The average Bonchev–Trinajstić information content (AvgIpc) is 2.93. The Morgan fingerprint density at radius 2 is 1.86 bits per heavy atom. The minimum atomic E-state index is -1.40. The molecule has 2 aromatic rings. The second-order valence-electron chi connectivity index (χ2n) is 4.01. The Labute approximate surface area is 124 Å². The Kier molecular flexibility index (Phi) is 4.78. The number of amides is 2. The van der Waals surface area contributed by atoms with Crippen molar-refractivity contribution in [2.24, 2.45) is 0 Å². The van der Waals surface area contributed by atoms with Crippen LogP contribution in [-0.4, -0.2) is 30.1 Å². The Balaban J connectivity index is 2.04. The molecule has 1 aromatic carbocycles. The maximum Gasteiger partial charge on any atom is 0.273 e. The number of nitrogens with zero attached hydrogens (tertiary/aromatic N) is 1. The Morgan fingerprint density at radius 1 is 1.19 bits per heavy atom. The third-order valence-corrected chi connectivity index (χ3v) is 2.82. The quantitative estimate of drug-likeness (QED) is 0.789. The standard InChI is InChI=1S/C13H12ClN3O4/c14-9-3-1-8(2-4-9)11-10(17-7-21-11)12(18)15-5-6-16-13(19)20/h1-4,7,16H,5-6H2,(H,15,18)(H,19,20)/p-1. The molecule has 2 N–H and O–H groups in total. The predicted molar refractivity (Wildman–Crippen MR) is 72.7 cm³/mol. The first-order valence-corrected chi connectivity index (χ1v) is 6.38. The van der Waals surface area contributed by atoms with Gasteiger partial charge in [-0.25, -0.2) is 4.98 Å². The number of carbonyl (C=O) groups is 2. The van der Waals surface area contributed by atoms with Gasteiger partial charge in [-0.2, -0.15) is 0 Å². The summed E-state index contributed by atoms with van der Waals surface area (Å²) in [5.41, 5.74) is 0.778. The summed E-state index contributed by atoms with van der Waals surface area (Å²) < 4.78 is 5.22. The van der Waals surface area contributed by atoms with Crippen LogP contribution in [0.4, 0.5) is 4.79 Å². The predicted octanol–water partition coefficient (Wildman–Crippen LogP) is 0.658. The normalized spacial score (nSPS) is 10.1. The first-order valence-electron chi connectivity index (χ1n) is 6.00. The van der Waals surface area contributed by atoms with E-state index in [1.165, 1.54) is 0 Å². The zero-order chi connectivity index (χ0) is 15.2. The fraction of sp³-hybridized carbons (Fsp3) is 0.154. The molecule has 21 heavy (non-hydrogen) atoms. The average molecular weight is 309 g/mol. The summed E-state index contributed by atoms with van der Waals surface area (Å²) >= 11 is 5.80. The third kappa shape index (κ3) is 3.96. The zero-order valence-corrected chi connectivity index (χ0v) is 11.5. The van der Waals surface area contributed by atoms with Gasteiger partial charge in [0.05, 0.1) is 0 Å². The van der Waals surface area contributed by atoms with Gasteiger partial charge in [0.15, 0.2) is 17.8 Å². The molecule has 2 amide bonds. The number of benzene rings is 1. The molecule has 110 valence electrons. The number of hydrogen-bond donors (Lipinski definition) is 2. The van der Waals surface area contributed by atoms with E-state index in [0.717, 1.165) is 6.39 Å². The van der Waals surface area contributed by atoms with Crippen molar-refractivity contribution < 1.29 is 19.1 Å². The topological polar surface area (TPSA) is 107 Å². The first kappa shape index (κ1) is 14.9. The van der Waals surface area contributed by atoms with E-state index in [4.69, 9.17) is 16.0 Å². The molecule has 0 fully saturated rings. The molecule has 0 atom stereocenters. The van der Waals surface area contributed by atoms with Crippen LogP contribution in [0.2, 0.25) is 5.02 Å². The number of hydrogen-bond acceptors (Lipinski definition) is 5. The molecule has 0 bridgehead atoms. The molecular formula is C13H11ClN3O4-. The highest BCUT2D eigenvalue weighted by Gasteiger charge is 2.17. The third-order valence-electron chi connectivity index (χ3n) is 2.57. The number of aromatic nitrogens is 1. The van der Waals surface area contributed by atoms with Gasteiger partial charge in [-0.05, 0) is 24.3 Å². The van der Waals surface area contributed by atoms with E-state index in [1.54, 1.807) is 24.3 Å². The van der Waals surface area contributed by atoms with E-state index in [9.17, 15) is 14.7 Å². The van der Waals surface area contributed by atoms with Crippen LogP contribution in [0, 0.1) is 0 Å². The van der Waals surface area contributed by atoms with Crippen LogP contribution in [0.1, 0.15) is 10.5 Å². The lowest BCUT2D eigenvalue weighted by Gasteiger charge is -2.07. The van der Waals surface area contributed by atoms with Crippen LogP contribution in [0.15, 0.2) is 35.1 Å². The molecule has 0 unspecified atom stereocenters. The first-order chi connectivity index (χ1) is 10.1. The van der Waals surface area contributed by atoms with Crippen molar-refractivity contribution in [3.05, 3.63) is 41.4 Å². The monoisotopic (exact) mass is 308 g/mol. The molecular weight excluding hydrogens is 298 g/mol. The summed E-state index contributed by atoms with van der Waals surface area (Å²) in [6.07, 6.45) is -0.231. The van der Waals surface area contributed by atoms with Gasteiger partial charge in [0, 0.05) is 23.7 Å². The fourth-order valence-corrected chi connectivity index (χ4v) is 1.76. The minimum Gasteiger partial charge on any atom is -0.530 e. The van der Waals surface area contributed by atoms with Crippen molar-refractivity contribution in [2.75, 3.05) is 13.1 Å². The molecule has 0 saturated heterocycles. The highest BCUT2D eigenvalue weighted by Crippen LogP contribution is 2.24. The number of carbonyl (C=O) groups excluding carboxylic acids is 2.